The second-order valence-corrected chi connectivity index (χ2v) is 3.90. The van der Waals surface area contributed by atoms with Gasteiger partial charge in [-0.3, -0.25) is 0 Å². The van der Waals surface area contributed by atoms with Gasteiger partial charge in [-0.05, 0) is 11.6 Å². The maximum atomic E-state index is 10.4. The van der Waals surface area contributed by atoms with Gasteiger partial charge in [0.15, 0.2) is 11.1 Å². The summed E-state index contributed by atoms with van der Waals surface area (Å²) in [6.07, 6.45) is 0. The van der Waals surface area contributed by atoms with E-state index in [2.05, 4.69) is 0 Å². The minimum atomic E-state index is -1.88. The van der Waals surface area contributed by atoms with Crippen LogP contribution in [-0.4, -0.2) is 8.76 Å². The number of halogens is 2. The normalized spacial score (nSPS) is 12.9. The molecule has 2 nitrogen and oxygen atoms in total. The zero-order chi connectivity index (χ0) is 9.14. The Morgan fingerprint density at radius 2 is 2.08 bits per heavy atom. The first-order valence-electron chi connectivity index (χ1n) is 3.11. The van der Waals surface area contributed by atoms with E-state index in [0.29, 0.717) is 15.6 Å². The molecule has 66 valence electrons. The lowest BCUT2D eigenvalue weighted by Crippen LogP contribution is -1.93. The number of rotatable bonds is 2. The van der Waals surface area contributed by atoms with Crippen LogP contribution in [0.25, 0.3) is 0 Å². The fourth-order valence-electron chi connectivity index (χ4n) is 0.793. The predicted molar refractivity (Wildman–Crippen MR) is 50.9 cm³/mol. The molecule has 5 heteroatoms. The van der Waals surface area contributed by atoms with Crippen LogP contribution in [-0.2, 0) is 16.8 Å². The summed E-state index contributed by atoms with van der Waals surface area (Å²) in [6.45, 7) is 0. The van der Waals surface area contributed by atoms with Gasteiger partial charge >= 0.3 is 0 Å². The molecule has 1 N–H and O–H groups in total. The first kappa shape index (κ1) is 9.99. The van der Waals surface area contributed by atoms with Crippen LogP contribution in [0.5, 0.6) is 0 Å². The van der Waals surface area contributed by atoms with E-state index in [-0.39, 0.29) is 5.75 Å². The summed E-state index contributed by atoms with van der Waals surface area (Å²) < 4.78 is 19.0. The molecule has 0 saturated heterocycles. The highest BCUT2D eigenvalue weighted by molar-refractivity contribution is 7.78. The Bertz CT molecular complexity index is 314. The molecule has 12 heavy (non-hydrogen) atoms. The van der Waals surface area contributed by atoms with Crippen molar-refractivity contribution in [1.29, 1.82) is 0 Å². The van der Waals surface area contributed by atoms with Crippen molar-refractivity contribution in [1.82, 2.24) is 0 Å². The Kier molecular flexibility index (Phi) is 3.53. The molecule has 0 saturated carbocycles. The van der Waals surface area contributed by atoms with E-state index < -0.39 is 11.1 Å². The van der Waals surface area contributed by atoms with Gasteiger partial charge in [-0.1, -0.05) is 35.3 Å². The monoisotopic (exact) mass is 224 g/mol. The van der Waals surface area contributed by atoms with Gasteiger partial charge in [0.05, 0.1) is 15.8 Å². The van der Waals surface area contributed by atoms with Crippen molar-refractivity contribution in [3.05, 3.63) is 33.8 Å². The molecule has 1 rings (SSSR count). The lowest BCUT2D eigenvalue weighted by Gasteiger charge is -2.01. The van der Waals surface area contributed by atoms with Gasteiger partial charge in [0.1, 0.15) is 0 Å². The van der Waals surface area contributed by atoms with Crippen molar-refractivity contribution in [2.45, 2.75) is 5.75 Å². The van der Waals surface area contributed by atoms with Gasteiger partial charge in [0, 0.05) is 0 Å². The molecule has 0 aromatic heterocycles. The van der Waals surface area contributed by atoms with Crippen LogP contribution in [0.4, 0.5) is 0 Å². The van der Waals surface area contributed by atoms with Crippen molar-refractivity contribution in [2.24, 2.45) is 0 Å². The van der Waals surface area contributed by atoms with Crippen molar-refractivity contribution in [3.63, 3.8) is 0 Å². The Morgan fingerprint density at radius 3 is 2.67 bits per heavy atom. The first-order chi connectivity index (χ1) is 5.61. The molecule has 0 heterocycles. The fraction of sp³-hybridized carbons (Fsp3) is 0.143. The van der Waals surface area contributed by atoms with E-state index in [1.807, 2.05) is 0 Å². The average molecular weight is 225 g/mol. The summed E-state index contributed by atoms with van der Waals surface area (Å²) in [7, 11) is 0. The standard InChI is InChI=1S/C7H6Cl2O2S/c8-6-3-1-2-5(7(6)9)4-12(10)11/h1-3H,4H2,(H,10,11). The zero-order valence-electron chi connectivity index (χ0n) is 5.96. The molecule has 0 fully saturated rings. The lowest BCUT2D eigenvalue weighted by molar-refractivity contribution is 0.563. The topological polar surface area (TPSA) is 37.3 Å². The van der Waals surface area contributed by atoms with E-state index in [1.54, 1.807) is 18.2 Å². The number of benzene rings is 1. The predicted octanol–water partition coefficient (Wildman–Crippen LogP) is 2.72. The molecule has 1 aromatic carbocycles. The van der Waals surface area contributed by atoms with Crippen molar-refractivity contribution >= 4 is 34.3 Å². The second-order valence-electron chi connectivity index (χ2n) is 2.18. The van der Waals surface area contributed by atoms with Gasteiger partial charge in [0.25, 0.3) is 0 Å². The summed E-state index contributed by atoms with van der Waals surface area (Å²) >= 11 is 9.57. The summed E-state index contributed by atoms with van der Waals surface area (Å²) in [5, 5.41) is 0.751. The van der Waals surface area contributed by atoms with E-state index >= 15 is 0 Å². The zero-order valence-corrected chi connectivity index (χ0v) is 8.29. The van der Waals surface area contributed by atoms with Crippen LogP contribution < -0.4 is 0 Å². The van der Waals surface area contributed by atoms with Crippen LogP contribution in [0.1, 0.15) is 5.56 Å². The van der Waals surface area contributed by atoms with Crippen LogP contribution in [0.15, 0.2) is 18.2 Å². The molecule has 0 aliphatic carbocycles. The minimum absolute atomic E-state index is 0.0133. The molecule has 1 unspecified atom stereocenters. The third-order valence-electron chi connectivity index (χ3n) is 1.31. The summed E-state index contributed by atoms with van der Waals surface area (Å²) in [6, 6.07) is 4.99. The second kappa shape index (κ2) is 4.23. The molecule has 0 aliphatic rings. The fourth-order valence-corrected chi connectivity index (χ4v) is 1.77. The Hall–Kier alpha value is -0.0900. The lowest BCUT2D eigenvalue weighted by atomic mass is 10.2. The minimum Gasteiger partial charge on any atom is -0.306 e. The highest BCUT2D eigenvalue weighted by Crippen LogP contribution is 2.25. The Labute approximate surface area is 82.8 Å². The summed E-state index contributed by atoms with van der Waals surface area (Å²) in [4.78, 5) is 0. The SMILES string of the molecule is O=S(O)Cc1cccc(Cl)c1Cl. The molecule has 0 aliphatic heterocycles. The molecule has 0 radical (unpaired) electrons. The van der Waals surface area contributed by atoms with Gasteiger partial charge in [0.2, 0.25) is 0 Å². The van der Waals surface area contributed by atoms with E-state index in [4.69, 9.17) is 27.8 Å². The van der Waals surface area contributed by atoms with Crippen molar-refractivity contribution < 1.29 is 8.76 Å². The molecular formula is C7H6Cl2O2S. The maximum absolute atomic E-state index is 10.4. The van der Waals surface area contributed by atoms with Crippen LogP contribution in [0.2, 0.25) is 10.0 Å². The van der Waals surface area contributed by atoms with Crippen molar-refractivity contribution in [3.8, 4) is 0 Å². The highest BCUT2D eigenvalue weighted by atomic mass is 35.5. The summed E-state index contributed by atoms with van der Waals surface area (Å²) in [5.74, 6) is 0.0133. The molecule has 0 spiro atoms. The largest absolute Gasteiger partial charge is 0.306 e. The van der Waals surface area contributed by atoms with E-state index in [0.717, 1.165) is 0 Å². The molecule has 0 bridgehead atoms. The Balaban J connectivity index is 3.00. The van der Waals surface area contributed by atoms with E-state index in [9.17, 15) is 4.21 Å². The first-order valence-corrected chi connectivity index (χ1v) is 5.15. The molecule has 1 atom stereocenters. The summed E-state index contributed by atoms with van der Waals surface area (Å²) in [5.41, 5.74) is 0.588. The maximum Gasteiger partial charge on any atom is 0.157 e. The van der Waals surface area contributed by atoms with Gasteiger partial charge < -0.3 is 4.55 Å². The Morgan fingerprint density at radius 1 is 1.42 bits per heavy atom. The quantitative estimate of drug-likeness (QED) is 0.785. The highest BCUT2D eigenvalue weighted by Gasteiger charge is 2.05. The third-order valence-corrected chi connectivity index (χ3v) is 2.73. The molecular weight excluding hydrogens is 219 g/mol. The smallest absolute Gasteiger partial charge is 0.157 e. The van der Waals surface area contributed by atoms with Crippen LogP contribution in [0.3, 0.4) is 0 Å². The molecule has 1 aromatic rings. The van der Waals surface area contributed by atoms with Crippen molar-refractivity contribution in [2.75, 3.05) is 0 Å². The number of hydrogen-bond donors (Lipinski definition) is 1. The van der Waals surface area contributed by atoms with Gasteiger partial charge in [-0.25, -0.2) is 4.21 Å². The number of hydrogen-bond acceptors (Lipinski definition) is 1. The van der Waals surface area contributed by atoms with E-state index in [1.165, 1.54) is 0 Å². The van der Waals surface area contributed by atoms with Gasteiger partial charge in [-0.15, -0.1) is 0 Å². The third kappa shape index (κ3) is 2.45. The van der Waals surface area contributed by atoms with Crippen LogP contribution >= 0.6 is 23.2 Å². The average Bonchev–Trinajstić information content (AvgIpc) is 1.98. The van der Waals surface area contributed by atoms with Gasteiger partial charge in [-0.2, -0.15) is 0 Å². The molecule has 0 amide bonds. The van der Waals surface area contributed by atoms with Crippen LogP contribution in [0, 0.1) is 0 Å².